The second-order valence-corrected chi connectivity index (χ2v) is 6.53. The third-order valence-corrected chi connectivity index (χ3v) is 4.39. The van der Waals surface area contributed by atoms with E-state index in [1.54, 1.807) is 23.1 Å². The molecule has 2 rings (SSSR count). The fraction of sp³-hybridized carbons (Fsp3) is 0.556. The van der Waals surface area contributed by atoms with Crippen molar-refractivity contribution in [1.82, 2.24) is 10.2 Å². The minimum absolute atomic E-state index is 0.0573. The minimum Gasteiger partial charge on any atom is -0.482 e. The lowest BCUT2D eigenvalue weighted by molar-refractivity contribution is -0.133. The Hall–Kier alpha value is -1.79. The van der Waals surface area contributed by atoms with Crippen LogP contribution in [0, 0.1) is 5.92 Å². The van der Waals surface area contributed by atoms with Gasteiger partial charge in [-0.3, -0.25) is 9.59 Å². The molecule has 1 aliphatic rings. The zero-order valence-corrected chi connectivity index (χ0v) is 15.6. The van der Waals surface area contributed by atoms with Gasteiger partial charge in [-0.05, 0) is 57.4 Å². The van der Waals surface area contributed by atoms with Crippen molar-refractivity contribution < 1.29 is 14.3 Å². The molecule has 1 aromatic rings. The number of halogens is 1. The molecule has 0 bridgehead atoms. The first kappa shape index (κ1) is 19.5. The molecule has 0 unspecified atom stereocenters. The lowest BCUT2D eigenvalue weighted by atomic mass is 10.3. The lowest BCUT2D eigenvalue weighted by Crippen LogP contribution is -2.34. The van der Waals surface area contributed by atoms with Crippen molar-refractivity contribution in [1.29, 1.82) is 0 Å². The number of nitrogens with one attached hydrogen (secondary N) is 2. The molecular formula is C18H26ClN3O3. The molecule has 0 aliphatic heterocycles. The maximum absolute atomic E-state index is 11.9. The number of likely N-dealkylation sites (N-methyl/N-ethyl adjacent to an activating group) is 1. The summed E-state index contributed by atoms with van der Waals surface area (Å²) in [5, 5.41) is 6.28. The van der Waals surface area contributed by atoms with Crippen molar-refractivity contribution in [3.63, 3.8) is 0 Å². The van der Waals surface area contributed by atoms with Gasteiger partial charge in [-0.1, -0.05) is 11.6 Å². The molecule has 138 valence electrons. The highest BCUT2D eigenvalue weighted by atomic mass is 35.5. The van der Waals surface area contributed by atoms with Gasteiger partial charge in [-0.2, -0.15) is 0 Å². The molecule has 6 nitrogen and oxygen atoms in total. The van der Waals surface area contributed by atoms with E-state index in [9.17, 15) is 9.59 Å². The summed E-state index contributed by atoms with van der Waals surface area (Å²) >= 11 is 6.18. The number of amides is 2. The molecule has 0 heterocycles. The maximum Gasteiger partial charge on any atom is 0.260 e. The first-order valence-electron chi connectivity index (χ1n) is 8.74. The molecule has 2 amide bonds. The molecule has 0 saturated heterocycles. The summed E-state index contributed by atoms with van der Waals surface area (Å²) < 4.78 is 5.49. The van der Waals surface area contributed by atoms with E-state index in [1.807, 2.05) is 13.8 Å². The van der Waals surface area contributed by atoms with Gasteiger partial charge >= 0.3 is 0 Å². The molecule has 25 heavy (non-hydrogen) atoms. The topological polar surface area (TPSA) is 70.7 Å². The Bertz CT molecular complexity index is 601. The van der Waals surface area contributed by atoms with Crippen molar-refractivity contribution >= 4 is 29.1 Å². The van der Waals surface area contributed by atoms with Crippen molar-refractivity contribution in [3.05, 3.63) is 23.2 Å². The number of hydrogen-bond donors (Lipinski definition) is 2. The molecule has 1 fully saturated rings. The van der Waals surface area contributed by atoms with E-state index in [1.165, 1.54) is 12.8 Å². The van der Waals surface area contributed by atoms with E-state index in [0.717, 1.165) is 12.5 Å². The molecule has 1 aliphatic carbocycles. The van der Waals surface area contributed by atoms with Gasteiger partial charge < -0.3 is 20.3 Å². The monoisotopic (exact) mass is 367 g/mol. The van der Waals surface area contributed by atoms with Crippen molar-refractivity contribution in [2.24, 2.45) is 5.92 Å². The number of rotatable bonds is 10. The van der Waals surface area contributed by atoms with Crippen LogP contribution in [0.3, 0.4) is 0 Å². The van der Waals surface area contributed by atoms with E-state index < -0.39 is 0 Å². The molecule has 1 saturated carbocycles. The molecule has 0 atom stereocenters. The number of benzene rings is 1. The second-order valence-electron chi connectivity index (χ2n) is 6.12. The van der Waals surface area contributed by atoms with Crippen molar-refractivity contribution in [3.8, 4) is 5.75 Å². The van der Waals surface area contributed by atoms with E-state index in [-0.39, 0.29) is 25.0 Å². The standard InChI is InChI=1S/C18H26ClN3O3/c1-3-22(4-2)18(24)12-25-16-8-7-14(9-15(16)19)21-17(23)11-20-10-13-5-6-13/h7-9,13,20H,3-6,10-12H2,1-2H3,(H,21,23). The average molecular weight is 368 g/mol. The van der Waals surface area contributed by atoms with Crippen LogP contribution in [0.1, 0.15) is 26.7 Å². The van der Waals surface area contributed by atoms with Crippen molar-refractivity contribution in [2.45, 2.75) is 26.7 Å². The van der Waals surface area contributed by atoms with Crippen LogP contribution in [0.5, 0.6) is 5.75 Å². The zero-order chi connectivity index (χ0) is 18.2. The third kappa shape index (κ3) is 6.55. The smallest absolute Gasteiger partial charge is 0.260 e. The van der Waals surface area contributed by atoms with Crippen LogP contribution in [0.25, 0.3) is 0 Å². The fourth-order valence-corrected chi connectivity index (χ4v) is 2.65. The van der Waals surface area contributed by atoms with Crippen LogP contribution in [0.15, 0.2) is 18.2 Å². The number of ether oxygens (including phenoxy) is 1. The van der Waals surface area contributed by atoms with Crippen LogP contribution in [0.4, 0.5) is 5.69 Å². The molecule has 0 radical (unpaired) electrons. The van der Waals surface area contributed by atoms with Gasteiger partial charge in [0.05, 0.1) is 11.6 Å². The van der Waals surface area contributed by atoms with Crippen molar-refractivity contribution in [2.75, 3.05) is 38.1 Å². The number of anilines is 1. The third-order valence-electron chi connectivity index (χ3n) is 4.10. The van der Waals surface area contributed by atoms with Gasteiger partial charge in [0.15, 0.2) is 6.61 Å². The number of hydrogen-bond acceptors (Lipinski definition) is 4. The highest BCUT2D eigenvalue weighted by Crippen LogP contribution is 2.28. The van der Waals surface area contributed by atoms with Crippen LogP contribution in [0.2, 0.25) is 5.02 Å². The summed E-state index contributed by atoms with van der Waals surface area (Å²) in [6.07, 6.45) is 2.50. The quantitative estimate of drug-likeness (QED) is 0.666. The Morgan fingerprint density at radius 2 is 2.00 bits per heavy atom. The van der Waals surface area contributed by atoms with E-state index in [4.69, 9.17) is 16.3 Å². The maximum atomic E-state index is 11.9. The fourth-order valence-electron chi connectivity index (χ4n) is 2.42. The predicted octanol–water partition coefficient (Wildman–Crippen LogP) is 2.53. The van der Waals surface area contributed by atoms with E-state index in [2.05, 4.69) is 10.6 Å². The summed E-state index contributed by atoms with van der Waals surface area (Å²) in [5.41, 5.74) is 0.602. The highest BCUT2D eigenvalue weighted by molar-refractivity contribution is 6.32. The van der Waals surface area contributed by atoms with Gasteiger partial charge in [0.25, 0.3) is 5.91 Å². The molecular weight excluding hydrogens is 342 g/mol. The Balaban J connectivity index is 1.80. The first-order chi connectivity index (χ1) is 12.0. The normalized spacial score (nSPS) is 13.4. The summed E-state index contributed by atoms with van der Waals surface area (Å²) in [5.74, 6) is 0.965. The van der Waals surface area contributed by atoms with Gasteiger partial charge in [-0.25, -0.2) is 0 Å². The Kier molecular flexibility index (Phi) is 7.52. The Morgan fingerprint density at radius 3 is 2.60 bits per heavy atom. The Labute approximate surface area is 153 Å². The molecule has 0 aromatic heterocycles. The summed E-state index contributed by atoms with van der Waals surface area (Å²) in [6, 6.07) is 4.99. The highest BCUT2D eigenvalue weighted by Gasteiger charge is 2.20. The lowest BCUT2D eigenvalue weighted by Gasteiger charge is -2.19. The van der Waals surface area contributed by atoms with Crippen LogP contribution in [-0.4, -0.2) is 49.5 Å². The van der Waals surface area contributed by atoms with Crippen LogP contribution >= 0.6 is 11.6 Å². The average Bonchev–Trinajstić information content (AvgIpc) is 3.39. The van der Waals surface area contributed by atoms with Crippen LogP contribution < -0.4 is 15.4 Å². The SMILES string of the molecule is CCN(CC)C(=O)COc1ccc(NC(=O)CNCC2CC2)cc1Cl. The first-order valence-corrected chi connectivity index (χ1v) is 9.12. The van der Waals surface area contributed by atoms with Gasteiger partial charge in [0.2, 0.25) is 5.91 Å². The minimum atomic E-state index is -0.109. The van der Waals surface area contributed by atoms with E-state index in [0.29, 0.717) is 29.5 Å². The largest absolute Gasteiger partial charge is 0.482 e. The second kappa shape index (κ2) is 9.63. The summed E-state index contributed by atoms with van der Waals surface area (Å²) in [6.45, 7) is 6.25. The molecule has 2 N–H and O–H groups in total. The number of nitrogens with zero attached hydrogens (tertiary/aromatic N) is 1. The zero-order valence-electron chi connectivity index (χ0n) is 14.8. The summed E-state index contributed by atoms with van der Waals surface area (Å²) in [4.78, 5) is 25.5. The van der Waals surface area contributed by atoms with Crippen LogP contribution in [-0.2, 0) is 9.59 Å². The summed E-state index contributed by atoms with van der Waals surface area (Å²) in [7, 11) is 0. The van der Waals surface area contributed by atoms with Gasteiger partial charge in [0.1, 0.15) is 5.75 Å². The molecule has 1 aromatic carbocycles. The number of carbonyl (C=O) groups excluding carboxylic acids is 2. The molecule has 0 spiro atoms. The predicted molar refractivity (Wildman–Crippen MR) is 99.1 cm³/mol. The van der Waals surface area contributed by atoms with E-state index >= 15 is 0 Å². The Morgan fingerprint density at radius 1 is 1.28 bits per heavy atom. The number of carbonyl (C=O) groups is 2. The van der Waals surface area contributed by atoms with Gasteiger partial charge in [0, 0.05) is 18.8 Å². The van der Waals surface area contributed by atoms with Gasteiger partial charge in [-0.15, -0.1) is 0 Å². The molecule has 7 heteroatoms.